The van der Waals surface area contributed by atoms with E-state index in [1.54, 1.807) is 0 Å². The van der Waals surface area contributed by atoms with Crippen molar-refractivity contribution < 1.29 is 9.47 Å². The van der Waals surface area contributed by atoms with Crippen LogP contribution in [0.1, 0.15) is 0 Å². The molecule has 4 nitrogen and oxygen atoms in total. The van der Waals surface area contributed by atoms with E-state index in [1.165, 1.54) is 85.9 Å². The Morgan fingerprint density at radius 3 is 1.16 bits per heavy atom. The molecule has 4 heterocycles. The van der Waals surface area contributed by atoms with Gasteiger partial charge in [0.1, 0.15) is 23.0 Å². The predicted octanol–water partition coefficient (Wildman–Crippen LogP) is 13.1. The zero-order valence-electron chi connectivity index (χ0n) is 37.6. The summed E-state index contributed by atoms with van der Waals surface area (Å²) in [5.41, 5.74) is 15.0. The van der Waals surface area contributed by atoms with Crippen molar-refractivity contribution in [2.75, 3.05) is 9.80 Å². The van der Waals surface area contributed by atoms with Crippen LogP contribution in [-0.4, -0.2) is 13.4 Å². The van der Waals surface area contributed by atoms with E-state index in [0.717, 1.165) is 45.1 Å². The minimum atomic E-state index is -0.00810. The van der Waals surface area contributed by atoms with Gasteiger partial charge in [-0.2, -0.15) is 0 Å². The Morgan fingerprint density at radius 2 is 0.714 bits per heavy atom. The minimum Gasteiger partial charge on any atom is -0.457 e. The van der Waals surface area contributed by atoms with Gasteiger partial charge in [0.05, 0.1) is 11.4 Å². The number of rotatable bonds is 6. The second-order valence-electron chi connectivity index (χ2n) is 18.3. The molecule has 0 N–H and O–H groups in total. The van der Waals surface area contributed by atoms with Crippen molar-refractivity contribution in [3.8, 4) is 23.0 Å². The fourth-order valence-electron chi connectivity index (χ4n) is 11.5. The lowest BCUT2D eigenvalue weighted by Gasteiger charge is -2.45. The first-order chi connectivity index (χ1) is 34.7. The summed E-state index contributed by atoms with van der Waals surface area (Å²) < 4.78 is 13.0. The zero-order chi connectivity index (χ0) is 45.9. The topological polar surface area (TPSA) is 24.9 Å². The Hall–Kier alpha value is -8.03. The van der Waals surface area contributed by atoms with E-state index < -0.39 is 0 Å². The molecule has 0 saturated heterocycles. The van der Waals surface area contributed by atoms with Gasteiger partial charge in [-0.1, -0.05) is 150 Å². The molecule has 0 atom stereocenters. The first-order valence-corrected chi connectivity index (χ1v) is 25.4. The summed E-state index contributed by atoms with van der Waals surface area (Å²) in [5, 5.41) is 4.65. The third-order valence-corrected chi connectivity index (χ3v) is 16.7. The Bertz CT molecular complexity index is 3680. The maximum absolute atomic E-state index is 6.50. The van der Waals surface area contributed by atoms with Gasteiger partial charge >= 0.3 is 0 Å². The van der Waals surface area contributed by atoms with Crippen LogP contribution >= 0.6 is 23.5 Å². The number of nitrogens with zero attached hydrogens (tertiary/aromatic N) is 2. The summed E-state index contributed by atoms with van der Waals surface area (Å²) in [6.45, 7) is -0.0162. The van der Waals surface area contributed by atoms with Gasteiger partial charge in [0, 0.05) is 53.1 Å². The van der Waals surface area contributed by atoms with E-state index in [2.05, 4.69) is 180 Å². The van der Waals surface area contributed by atoms with Crippen molar-refractivity contribution in [3.63, 3.8) is 0 Å². The van der Waals surface area contributed by atoms with E-state index in [-0.39, 0.29) is 13.4 Å². The number of hydrogen-bond donors (Lipinski definition) is 0. The molecule has 0 radical (unpaired) electrons. The van der Waals surface area contributed by atoms with Gasteiger partial charge in [0.25, 0.3) is 0 Å². The van der Waals surface area contributed by atoms with Crippen molar-refractivity contribution in [1.82, 2.24) is 0 Å². The van der Waals surface area contributed by atoms with E-state index in [0.29, 0.717) is 0 Å². The third kappa shape index (κ3) is 6.16. The molecule has 0 aromatic heterocycles. The highest BCUT2D eigenvalue weighted by atomic mass is 32.2. The molecule has 0 unspecified atom stereocenters. The lowest BCUT2D eigenvalue weighted by atomic mass is 9.31. The van der Waals surface area contributed by atoms with Crippen LogP contribution in [0.3, 0.4) is 0 Å². The van der Waals surface area contributed by atoms with Crippen LogP contribution in [0.2, 0.25) is 0 Å². The molecule has 326 valence electrons. The summed E-state index contributed by atoms with van der Waals surface area (Å²) in [4.78, 5) is 10.2. The number of fused-ring (bicyclic) bond motifs is 12. The molecule has 4 aliphatic rings. The lowest BCUT2D eigenvalue weighted by Crippen LogP contribution is -2.64. The molecule has 0 amide bonds. The van der Waals surface area contributed by atoms with Gasteiger partial charge in [-0.25, -0.2) is 0 Å². The summed E-state index contributed by atoms with van der Waals surface area (Å²) in [6, 6.07) is 83.4. The van der Waals surface area contributed by atoms with E-state index in [4.69, 9.17) is 9.47 Å². The Balaban J connectivity index is 1.03. The van der Waals surface area contributed by atoms with Crippen LogP contribution in [0.4, 0.5) is 34.1 Å². The third-order valence-electron chi connectivity index (χ3n) is 14.4. The van der Waals surface area contributed by atoms with Gasteiger partial charge in [-0.3, -0.25) is 0 Å². The van der Waals surface area contributed by atoms with Crippen molar-refractivity contribution in [2.45, 2.75) is 19.6 Å². The highest BCUT2D eigenvalue weighted by Gasteiger charge is 2.47. The van der Waals surface area contributed by atoms with Crippen LogP contribution < -0.4 is 52.1 Å². The average molecular weight is 929 g/mol. The molecule has 0 fully saturated rings. The van der Waals surface area contributed by atoms with Gasteiger partial charge in [0.2, 0.25) is 13.4 Å². The van der Waals surface area contributed by atoms with Crippen LogP contribution in [0.15, 0.2) is 250 Å². The fourth-order valence-corrected chi connectivity index (χ4v) is 13.9. The zero-order valence-corrected chi connectivity index (χ0v) is 39.3. The number of benzene rings is 11. The number of hydrogen-bond acceptors (Lipinski definition) is 6. The summed E-state index contributed by atoms with van der Waals surface area (Å²) in [7, 11) is 0. The van der Waals surface area contributed by atoms with E-state index in [9.17, 15) is 0 Å². The fraction of sp³-hybridized carbons (Fsp3) is 0. The monoisotopic (exact) mass is 928 g/mol. The number of anilines is 6. The smallest absolute Gasteiger partial charge is 0.249 e. The number of para-hydroxylation sites is 4. The molecular weight excluding hydrogens is 890 g/mol. The van der Waals surface area contributed by atoms with Crippen molar-refractivity contribution in [3.05, 3.63) is 231 Å². The molecule has 0 aliphatic carbocycles. The minimum absolute atomic E-state index is 0.00810. The first kappa shape index (κ1) is 39.9. The molecule has 0 saturated carbocycles. The molecule has 4 aliphatic heterocycles. The largest absolute Gasteiger partial charge is 0.457 e. The van der Waals surface area contributed by atoms with Gasteiger partial charge in [-0.05, 0) is 148 Å². The van der Waals surface area contributed by atoms with Gasteiger partial charge in [0.15, 0.2) is 0 Å². The predicted molar refractivity (Wildman–Crippen MR) is 294 cm³/mol. The van der Waals surface area contributed by atoms with Crippen LogP contribution in [0.25, 0.3) is 21.5 Å². The molecule has 70 heavy (non-hydrogen) atoms. The SMILES string of the molecule is c1ccc(Oc2ccc3c4c5c(cc3c2)Sc2ccccc2B5c2cc3c(cc2N4c2ccccc2)N(c2ccccc2)c2c4c(cc5cc(Oc6ccccc6)ccc25)Sc2ccccc2B34)cc1. The lowest BCUT2D eigenvalue weighted by molar-refractivity contribution is 0.483. The van der Waals surface area contributed by atoms with Gasteiger partial charge in [-0.15, -0.1) is 0 Å². The molecule has 15 rings (SSSR count). The quantitative estimate of drug-likeness (QED) is 0.154. The van der Waals surface area contributed by atoms with Crippen molar-refractivity contribution >= 4 is 125 Å². The highest BCUT2D eigenvalue weighted by Crippen LogP contribution is 2.50. The average Bonchev–Trinajstić information content (AvgIpc) is 3.41. The van der Waals surface area contributed by atoms with E-state index >= 15 is 0 Å². The molecule has 11 aromatic rings. The Kier molecular flexibility index (Phi) is 8.98. The van der Waals surface area contributed by atoms with Crippen molar-refractivity contribution in [2.24, 2.45) is 0 Å². The maximum atomic E-state index is 6.50. The van der Waals surface area contributed by atoms with E-state index in [1.807, 2.05) is 84.2 Å². The maximum Gasteiger partial charge on any atom is 0.249 e. The normalized spacial score (nSPS) is 13.5. The Morgan fingerprint density at radius 1 is 0.314 bits per heavy atom. The molecule has 11 aromatic carbocycles. The summed E-state index contributed by atoms with van der Waals surface area (Å²) >= 11 is 3.77. The molecule has 0 bridgehead atoms. The van der Waals surface area contributed by atoms with Crippen LogP contribution in [0.5, 0.6) is 23.0 Å². The second-order valence-corrected chi connectivity index (χ2v) is 20.5. The Labute approximate surface area is 415 Å². The second kappa shape index (κ2) is 15.8. The van der Waals surface area contributed by atoms with Gasteiger partial charge < -0.3 is 19.3 Å². The molecule has 0 spiro atoms. The molecule has 8 heteroatoms. The van der Waals surface area contributed by atoms with Crippen LogP contribution in [0, 0.1) is 0 Å². The first-order valence-electron chi connectivity index (χ1n) is 23.8. The number of ether oxygens (including phenoxy) is 2. The standard InChI is InChI=1S/C62H38B2N2O2S2/c1-5-17-41(18-6-1)65-53-38-54-52(37-51(53)63-49-25-13-15-27-55(49)69-57-35-39-33-45(67-43-21-9-3-10-22-43)29-31-47(39)61(65)59(57)63)64-50-26-14-16-28-56(50)70-58-36-40-34-46(68-44-23-11-4-12-24-44)30-32-48(40)62(60(58)64)66(54)42-19-7-2-8-20-42/h1-38H. The highest BCUT2D eigenvalue weighted by molar-refractivity contribution is 8.00. The summed E-state index contributed by atoms with van der Waals surface area (Å²) in [6.07, 6.45) is 0. The van der Waals surface area contributed by atoms with Crippen molar-refractivity contribution in [1.29, 1.82) is 0 Å². The summed E-state index contributed by atoms with van der Waals surface area (Å²) in [5.74, 6) is 3.26. The molecular formula is C62H38B2N2O2S2. The van der Waals surface area contributed by atoms with Crippen LogP contribution in [-0.2, 0) is 0 Å².